The fourth-order valence-corrected chi connectivity index (χ4v) is 6.98. The van der Waals surface area contributed by atoms with E-state index in [1.165, 1.54) is 40.0 Å². The zero-order valence-electron chi connectivity index (χ0n) is 18.9. The monoisotopic (exact) mass is 628 g/mol. The molecule has 13 heteroatoms. The third kappa shape index (κ3) is 6.93. The maximum Gasteiger partial charge on any atom is 0.258 e. The first-order valence-corrected chi connectivity index (χ1v) is 15.2. The minimum Gasteiger partial charge on any atom is -0.300 e. The van der Waals surface area contributed by atoms with E-state index in [9.17, 15) is 9.59 Å². The molecule has 0 saturated carbocycles. The summed E-state index contributed by atoms with van der Waals surface area (Å²) >= 11 is 8.82. The zero-order valence-corrected chi connectivity index (χ0v) is 23.7. The molecule has 2 heterocycles. The summed E-state index contributed by atoms with van der Waals surface area (Å²) in [5.41, 5.74) is 1.73. The molecule has 8 nitrogen and oxygen atoms in total. The summed E-state index contributed by atoms with van der Waals surface area (Å²) < 4.78 is 2.38. The number of hydrogen-bond acceptors (Lipinski definition) is 10. The van der Waals surface area contributed by atoms with E-state index in [-0.39, 0.29) is 17.6 Å². The van der Waals surface area contributed by atoms with E-state index in [4.69, 9.17) is 0 Å². The molecule has 0 bridgehead atoms. The van der Waals surface area contributed by atoms with Gasteiger partial charge in [-0.1, -0.05) is 111 Å². The second kappa shape index (κ2) is 12.1. The first kappa shape index (κ1) is 25.8. The minimum absolute atomic E-state index is 0.131. The van der Waals surface area contributed by atoms with Crippen molar-refractivity contribution in [2.24, 2.45) is 0 Å². The lowest BCUT2D eigenvalue weighted by Gasteiger charge is -2.05. The van der Waals surface area contributed by atoms with Crippen molar-refractivity contribution in [2.45, 2.75) is 14.4 Å². The van der Waals surface area contributed by atoms with E-state index in [1.807, 2.05) is 54.6 Å². The molecule has 37 heavy (non-hydrogen) atoms. The van der Waals surface area contributed by atoms with Gasteiger partial charge in [-0.3, -0.25) is 20.2 Å². The van der Waals surface area contributed by atoms with Gasteiger partial charge in [0.05, 0.1) is 5.75 Å². The Bertz CT molecular complexity index is 1570. The van der Waals surface area contributed by atoms with Gasteiger partial charge in [-0.15, -0.1) is 20.4 Å². The second-order valence-electron chi connectivity index (χ2n) is 7.48. The second-order valence-corrected chi connectivity index (χ2v) is 12.8. The molecule has 0 atom stereocenters. The number of rotatable bonds is 9. The molecule has 0 aliphatic rings. The number of thioether (sulfide) groups is 2. The van der Waals surface area contributed by atoms with Gasteiger partial charge in [0.15, 0.2) is 8.68 Å². The van der Waals surface area contributed by atoms with E-state index in [0.29, 0.717) is 20.2 Å². The van der Waals surface area contributed by atoms with Crippen molar-refractivity contribution >= 4 is 95.0 Å². The van der Waals surface area contributed by atoms with Gasteiger partial charge in [-0.2, -0.15) is 0 Å². The first-order chi connectivity index (χ1) is 18.0. The number of amides is 2. The Labute approximate surface area is 236 Å². The summed E-state index contributed by atoms with van der Waals surface area (Å²) in [5, 5.41) is 24.5. The number of carbonyl (C=O) groups is 2. The van der Waals surface area contributed by atoms with Crippen molar-refractivity contribution in [2.75, 3.05) is 16.4 Å². The maximum absolute atomic E-state index is 12.8. The number of benzene rings is 3. The number of halogens is 1. The Balaban J connectivity index is 1.10. The van der Waals surface area contributed by atoms with Crippen molar-refractivity contribution < 1.29 is 9.59 Å². The zero-order chi connectivity index (χ0) is 25.6. The molecular formula is C24H17BrN6O2S4. The molecule has 186 valence electrons. The highest BCUT2D eigenvalue weighted by atomic mass is 79.9. The number of fused-ring (bicyclic) bond motifs is 1. The lowest BCUT2D eigenvalue weighted by molar-refractivity contribution is -0.113. The summed E-state index contributed by atoms with van der Waals surface area (Å²) in [7, 11) is 0. The predicted octanol–water partition coefficient (Wildman–Crippen LogP) is 6.58. The van der Waals surface area contributed by atoms with E-state index in [1.54, 1.807) is 17.8 Å². The molecular weight excluding hydrogens is 612 g/mol. The topological polar surface area (TPSA) is 110 Å². The van der Waals surface area contributed by atoms with Crippen LogP contribution in [-0.4, -0.2) is 38.0 Å². The average Bonchev–Trinajstić information content (AvgIpc) is 3.55. The number of carbonyl (C=O) groups excluding carboxylic acids is 2. The summed E-state index contributed by atoms with van der Waals surface area (Å²) in [4.78, 5) is 25.2. The Kier molecular flexibility index (Phi) is 8.46. The van der Waals surface area contributed by atoms with Crippen molar-refractivity contribution in [1.82, 2.24) is 20.4 Å². The molecule has 0 aliphatic heterocycles. The third-order valence-corrected chi connectivity index (χ3v) is 9.40. The number of hydrogen-bond donors (Lipinski definition) is 2. The number of anilines is 2. The standard InChI is InChI=1S/C24H17BrN6O2S4/c25-16-8-3-5-14(11-16)12-34-23-30-28-21(36-23)26-19(32)13-35-24-31-29-22(37-24)27-20(33)18-10-4-7-15-6-1-2-9-17(15)18/h1-11H,12-13H2,(H,26,28,32)(H,27,29,33). The van der Waals surface area contributed by atoms with Crippen LogP contribution in [0.15, 0.2) is 79.9 Å². The Morgan fingerprint density at radius 3 is 2.32 bits per heavy atom. The molecule has 0 fully saturated rings. The molecule has 2 aromatic heterocycles. The number of aromatic nitrogens is 4. The van der Waals surface area contributed by atoms with Crippen LogP contribution in [0, 0.1) is 0 Å². The molecule has 5 aromatic rings. The van der Waals surface area contributed by atoms with Gasteiger partial charge in [0.25, 0.3) is 5.91 Å². The molecule has 5 rings (SSSR count). The molecule has 3 aromatic carbocycles. The number of nitrogens with one attached hydrogen (secondary N) is 2. The van der Waals surface area contributed by atoms with Crippen LogP contribution in [0.5, 0.6) is 0 Å². The van der Waals surface area contributed by atoms with Gasteiger partial charge in [-0.05, 0) is 34.5 Å². The number of nitrogens with zero attached hydrogens (tertiary/aromatic N) is 4. The van der Waals surface area contributed by atoms with Gasteiger partial charge in [-0.25, -0.2) is 0 Å². The SMILES string of the molecule is O=C(CSc1nnc(NC(=O)c2cccc3ccccc23)s1)Nc1nnc(SCc2cccc(Br)c2)s1. The van der Waals surface area contributed by atoms with Gasteiger partial charge in [0.1, 0.15) is 0 Å². The van der Waals surface area contributed by atoms with Crippen LogP contribution < -0.4 is 10.6 Å². The quantitative estimate of drug-likeness (QED) is 0.139. The van der Waals surface area contributed by atoms with Gasteiger partial charge < -0.3 is 0 Å². The fraction of sp³-hybridized carbons (Fsp3) is 0.0833. The van der Waals surface area contributed by atoms with Gasteiger partial charge in [0.2, 0.25) is 16.2 Å². The molecule has 2 amide bonds. The fourth-order valence-electron chi connectivity index (χ4n) is 3.28. The third-order valence-electron chi connectivity index (χ3n) is 4.89. The van der Waals surface area contributed by atoms with Crippen LogP contribution in [0.3, 0.4) is 0 Å². The summed E-state index contributed by atoms with van der Waals surface area (Å²) in [6, 6.07) is 21.4. The predicted molar refractivity (Wildman–Crippen MR) is 155 cm³/mol. The van der Waals surface area contributed by atoms with Gasteiger partial charge >= 0.3 is 0 Å². The summed E-state index contributed by atoms with van der Waals surface area (Å²) in [5.74, 6) is 0.411. The van der Waals surface area contributed by atoms with Crippen LogP contribution in [0.25, 0.3) is 10.8 Å². The van der Waals surface area contributed by atoms with Crippen LogP contribution in [0.1, 0.15) is 15.9 Å². The van der Waals surface area contributed by atoms with Crippen molar-refractivity contribution in [3.8, 4) is 0 Å². The Hall–Kier alpha value is -2.84. The van der Waals surface area contributed by atoms with Crippen LogP contribution in [0.4, 0.5) is 10.3 Å². The lowest BCUT2D eigenvalue weighted by Crippen LogP contribution is -2.13. The minimum atomic E-state index is -0.257. The first-order valence-electron chi connectivity index (χ1n) is 10.8. The van der Waals surface area contributed by atoms with Crippen molar-refractivity contribution in [3.05, 3.63) is 82.3 Å². The van der Waals surface area contributed by atoms with E-state index >= 15 is 0 Å². The van der Waals surface area contributed by atoms with Crippen LogP contribution in [-0.2, 0) is 10.5 Å². The Morgan fingerprint density at radius 2 is 1.51 bits per heavy atom. The lowest BCUT2D eigenvalue weighted by atomic mass is 10.0. The summed E-state index contributed by atoms with van der Waals surface area (Å²) in [6.07, 6.45) is 0. The molecule has 0 spiro atoms. The van der Waals surface area contributed by atoms with Gasteiger partial charge in [0, 0.05) is 15.8 Å². The molecule has 0 radical (unpaired) electrons. The van der Waals surface area contributed by atoms with E-state index in [2.05, 4.69) is 53.0 Å². The smallest absolute Gasteiger partial charge is 0.258 e. The van der Waals surface area contributed by atoms with E-state index in [0.717, 1.165) is 25.3 Å². The van der Waals surface area contributed by atoms with Crippen molar-refractivity contribution in [1.29, 1.82) is 0 Å². The van der Waals surface area contributed by atoms with Crippen molar-refractivity contribution in [3.63, 3.8) is 0 Å². The highest BCUT2D eigenvalue weighted by Crippen LogP contribution is 2.30. The molecule has 0 saturated heterocycles. The van der Waals surface area contributed by atoms with E-state index < -0.39 is 0 Å². The largest absolute Gasteiger partial charge is 0.300 e. The molecule has 0 unspecified atom stereocenters. The average molecular weight is 630 g/mol. The molecule has 0 aliphatic carbocycles. The Morgan fingerprint density at radius 1 is 0.811 bits per heavy atom. The van der Waals surface area contributed by atoms with Crippen LogP contribution >= 0.6 is 62.1 Å². The highest BCUT2D eigenvalue weighted by Gasteiger charge is 2.15. The normalized spacial score (nSPS) is 10.9. The summed E-state index contributed by atoms with van der Waals surface area (Å²) in [6.45, 7) is 0. The molecule has 2 N–H and O–H groups in total. The van der Waals surface area contributed by atoms with Crippen LogP contribution in [0.2, 0.25) is 0 Å². The maximum atomic E-state index is 12.8. The highest BCUT2D eigenvalue weighted by molar-refractivity contribution is 9.10.